The molecule has 1 atom stereocenters. The third-order valence-electron chi connectivity index (χ3n) is 5.91. The second kappa shape index (κ2) is 9.60. The van der Waals surface area contributed by atoms with Crippen LogP contribution >= 0.6 is 0 Å². The van der Waals surface area contributed by atoms with E-state index in [0.29, 0.717) is 23.9 Å². The molecule has 1 aliphatic rings. The highest BCUT2D eigenvalue weighted by Crippen LogP contribution is 2.36. The van der Waals surface area contributed by atoms with Crippen LogP contribution in [0.5, 0.6) is 0 Å². The molecule has 1 fully saturated rings. The Morgan fingerprint density at radius 3 is 2.88 bits per heavy atom. The summed E-state index contributed by atoms with van der Waals surface area (Å²) in [6.45, 7) is 0. The number of carbonyl (C=O) groups is 1. The van der Waals surface area contributed by atoms with Crippen LogP contribution in [-0.4, -0.2) is 44.7 Å². The van der Waals surface area contributed by atoms with Gasteiger partial charge in [0.25, 0.3) is 5.91 Å². The maximum atomic E-state index is 12.2. The van der Waals surface area contributed by atoms with Gasteiger partial charge in [0, 0.05) is 43.3 Å². The Morgan fingerprint density at radius 2 is 2.12 bits per heavy atom. The third-order valence-corrected chi connectivity index (χ3v) is 5.91. The van der Waals surface area contributed by atoms with Crippen LogP contribution in [0.2, 0.25) is 0 Å². The number of nitrogens with one attached hydrogen (secondary N) is 1. The van der Waals surface area contributed by atoms with Gasteiger partial charge in [0.05, 0.1) is 30.4 Å². The van der Waals surface area contributed by atoms with Crippen molar-refractivity contribution in [1.82, 2.24) is 24.6 Å². The summed E-state index contributed by atoms with van der Waals surface area (Å²) in [6, 6.07) is 11.5. The van der Waals surface area contributed by atoms with Crippen molar-refractivity contribution in [2.45, 2.75) is 38.1 Å². The molecule has 164 valence electrons. The standard InChI is InChI=1S/C24H27N7O/c1-30(2)23(32)18-8-5-9-20(14-18)28-24-26-13-11-21(29-24)19-15-27-31(16-19)22(10-12-25)17-6-3-4-7-17/h5,8-9,11,13-17,22H,3-4,6-7,10H2,1-2H3,(H,26,28,29). The summed E-state index contributed by atoms with van der Waals surface area (Å²) in [5, 5.41) is 17.0. The molecule has 8 nitrogen and oxygen atoms in total. The van der Waals surface area contributed by atoms with Gasteiger partial charge in [0.2, 0.25) is 5.95 Å². The summed E-state index contributed by atoms with van der Waals surface area (Å²) in [4.78, 5) is 22.7. The van der Waals surface area contributed by atoms with E-state index in [2.05, 4.69) is 26.5 Å². The van der Waals surface area contributed by atoms with Crippen LogP contribution in [0.15, 0.2) is 48.9 Å². The first-order chi connectivity index (χ1) is 15.5. The zero-order valence-electron chi connectivity index (χ0n) is 18.4. The lowest BCUT2D eigenvalue weighted by Gasteiger charge is -2.21. The average molecular weight is 430 g/mol. The molecule has 0 saturated heterocycles. The fourth-order valence-electron chi connectivity index (χ4n) is 4.26. The number of carbonyl (C=O) groups excluding carboxylic acids is 1. The van der Waals surface area contributed by atoms with E-state index in [1.165, 1.54) is 12.8 Å². The number of rotatable bonds is 7. The SMILES string of the molecule is CN(C)C(=O)c1cccc(Nc2nccc(-c3cnn(C(CC#N)C4CCCC4)c3)n2)c1. The lowest BCUT2D eigenvalue weighted by molar-refractivity contribution is 0.0827. The zero-order chi connectivity index (χ0) is 22.5. The topological polar surface area (TPSA) is 99.7 Å². The van der Waals surface area contributed by atoms with Gasteiger partial charge in [-0.2, -0.15) is 10.4 Å². The second-order valence-electron chi connectivity index (χ2n) is 8.35. The summed E-state index contributed by atoms with van der Waals surface area (Å²) < 4.78 is 1.93. The summed E-state index contributed by atoms with van der Waals surface area (Å²) in [6.07, 6.45) is 10.7. The van der Waals surface area contributed by atoms with Crippen LogP contribution < -0.4 is 5.32 Å². The lowest BCUT2D eigenvalue weighted by atomic mass is 9.96. The van der Waals surface area contributed by atoms with Gasteiger partial charge < -0.3 is 10.2 Å². The molecule has 1 N–H and O–H groups in total. The monoisotopic (exact) mass is 429 g/mol. The number of anilines is 2. The van der Waals surface area contributed by atoms with Crippen molar-refractivity contribution < 1.29 is 4.79 Å². The number of benzene rings is 1. The minimum atomic E-state index is -0.0649. The predicted molar refractivity (Wildman–Crippen MR) is 122 cm³/mol. The Morgan fingerprint density at radius 1 is 1.31 bits per heavy atom. The van der Waals surface area contributed by atoms with Crippen molar-refractivity contribution in [1.29, 1.82) is 5.26 Å². The van der Waals surface area contributed by atoms with Crippen LogP contribution in [0.4, 0.5) is 11.6 Å². The van der Waals surface area contributed by atoms with E-state index >= 15 is 0 Å². The van der Waals surface area contributed by atoms with Crippen molar-refractivity contribution in [3.8, 4) is 17.3 Å². The van der Waals surface area contributed by atoms with Crippen molar-refractivity contribution in [3.63, 3.8) is 0 Å². The lowest BCUT2D eigenvalue weighted by Crippen LogP contribution is -2.21. The Kier molecular flexibility index (Phi) is 6.45. The van der Waals surface area contributed by atoms with Crippen LogP contribution in [0.3, 0.4) is 0 Å². The molecule has 1 saturated carbocycles. The highest BCUT2D eigenvalue weighted by molar-refractivity contribution is 5.94. The molecule has 2 aromatic heterocycles. The number of hydrogen-bond donors (Lipinski definition) is 1. The highest BCUT2D eigenvalue weighted by Gasteiger charge is 2.27. The molecule has 0 bridgehead atoms. The van der Waals surface area contributed by atoms with Gasteiger partial charge >= 0.3 is 0 Å². The minimum Gasteiger partial charge on any atom is -0.345 e. The van der Waals surface area contributed by atoms with Gasteiger partial charge in [-0.25, -0.2) is 9.97 Å². The number of nitriles is 1. The molecule has 0 radical (unpaired) electrons. The molecule has 0 spiro atoms. The van der Waals surface area contributed by atoms with E-state index in [-0.39, 0.29) is 11.9 Å². The number of nitrogens with zero attached hydrogens (tertiary/aromatic N) is 6. The molecule has 1 aliphatic carbocycles. The number of aromatic nitrogens is 4. The van der Waals surface area contributed by atoms with Crippen molar-refractivity contribution in [3.05, 3.63) is 54.5 Å². The molecule has 4 rings (SSSR count). The van der Waals surface area contributed by atoms with E-state index in [1.807, 2.05) is 29.1 Å². The molecule has 1 aromatic carbocycles. The molecule has 0 aliphatic heterocycles. The highest BCUT2D eigenvalue weighted by atomic mass is 16.2. The molecule has 8 heteroatoms. The van der Waals surface area contributed by atoms with Crippen molar-refractivity contribution in [2.75, 3.05) is 19.4 Å². The second-order valence-corrected chi connectivity index (χ2v) is 8.35. The van der Waals surface area contributed by atoms with E-state index in [0.717, 1.165) is 29.8 Å². The zero-order valence-corrected chi connectivity index (χ0v) is 18.4. The fraction of sp³-hybridized carbons (Fsp3) is 0.375. The molecule has 3 aromatic rings. The maximum absolute atomic E-state index is 12.2. The number of amides is 1. The van der Waals surface area contributed by atoms with E-state index < -0.39 is 0 Å². The molecule has 32 heavy (non-hydrogen) atoms. The summed E-state index contributed by atoms with van der Waals surface area (Å²) in [5.74, 6) is 0.876. The van der Waals surface area contributed by atoms with Crippen molar-refractivity contribution >= 4 is 17.5 Å². The van der Waals surface area contributed by atoms with Gasteiger partial charge in [0.15, 0.2) is 0 Å². The third kappa shape index (κ3) is 4.78. The Hall–Kier alpha value is -3.73. The largest absolute Gasteiger partial charge is 0.345 e. The average Bonchev–Trinajstić information content (AvgIpc) is 3.50. The Balaban J connectivity index is 1.53. The molecule has 1 unspecified atom stereocenters. The van der Waals surface area contributed by atoms with Crippen LogP contribution in [0.25, 0.3) is 11.3 Å². The van der Waals surface area contributed by atoms with Crippen molar-refractivity contribution in [2.24, 2.45) is 5.92 Å². The van der Waals surface area contributed by atoms with Gasteiger partial charge in [-0.3, -0.25) is 9.48 Å². The predicted octanol–water partition coefficient (Wildman–Crippen LogP) is 4.43. The van der Waals surface area contributed by atoms with Gasteiger partial charge in [-0.05, 0) is 43.0 Å². The quantitative estimate of drug-likeness (QED) is 0.596. The normalized spacial score (nSPS) is 14.7. The summed E-state index contributed by atoms with van der Waals surface area (Å²) in [7, 11) is 3.45. The number of hydrogen-bond acceptors (Lipinski definition) is 6. The van der Waals surface area contributed by atoms with Gasteiger partial charge in [-0.1, -0.05) is 18.9 Å². The Bertz CT molecular complexity index is 1130. The maximum Gasteiger partial charge on any atom is 0.253 e. The van der Waals surface area contributed by atoms with Crippen LogP contribution in [-0.2, 0) is 0 Å². The molecule has 2 heterocycles. The van der Waals surface area contributed by atoms with Crippen LogP contribution in [0, 0.1) is 17.2 Å². The smallest absolute Gasteiger partial charge is 0.253 e. The van der Waals surface area contributed by atoms with E-state index in [4.69, 9.17) is 0 Å². The van der Waals surface area contributed by atoms with E-state index in [1.54, 1.807) is 43.5 Å². The fourth-order valence-corrected chi connectivity index (χ4v) is 4.26. The van der Waals surface area contributed by atoms with Crippen LogP contribution in [0.1, 0.15) is 48.5 Å². The summed E-state index contributed by atoms with van der Waals surface area (Å²) in [5.41, 5.74) is 2.96. The molecular formula is C24H27N7O. The first-order valence-electron chi connectivity index (χ1n) is 10.9. The first-order valence-corrected chi connectivity index (χ1v) is 10.9. The van der Waals surface area contributed by atoms with Gasteiger partial charge in [-0.15, -0.1) is 0 Å². The minimum absolute atomic E-state index is 0.0649. The molecular weight excluding hydrogens is 402 g/mol. The van der Waals surface area contributed by atoms with Gasteiger partial charge in [0.1, 0.15) is 0 Å². The Labute approximate surface area is 187 Å². The van der Waals surface area contributed by atoms with E-state index in [9.17, 15) is 10.1 Å². The summed E-state index contributed by atoms with van der Waals surface area (Å²) >= 11 is 0. The molecule has 1 amide bonds. The first kappa shape index (κ1) is 21.5.